The smallest absolute Gasteiger partial charge is 0.226 e. The van der Waals surface area contributed by atoms with Crippen molar-refractivity contribution < 1.29 is 13.9 Å². The third-order valence-corrected chi connectivity index (χ3v) is 3.75. The number of carbonyl (C=O) groups excluding carboxylic acids is 1. The van der Waals surface area contributed by atoms with Gasteiger partial charge in [0.25, 0.3) is 0 Å². The highest BCUT2D eigenvalue weighted by Gasteiger charge is 2.27. The van der Waals surface area contributed by atoms with Crippen molar-refractivity contribution in [1.82, 2.24) is 10.2 Å². The van der Waals surface area contributed by atoms with Crippen LogP contribution in [-0.4, -0.2) is 42.6 Å². The highest BCUT2D eigenvalue weighted by molar-refractivity contribution is 5.76. The summed E-state index contributed by atoms with van der Waals surface area (Å²) in [6.45, 7) is 6.02. The van der Waals surface area contributed by atoms with Gasteiger partial charge in [0.05, 0.1) is 13.0 Å². The number of nitrogens with one attached hydrogen (secondary N) is 1. The van der Waals surface area contributed by atoms with Crippen LogP contribution >= 0.6 is 0 Å². The molecule has 1 heterocycles. The number of nitrogens with zero attached hydrogens (tertiary/aromatic N) is 1. The average molecular weight is 280 g/mol. The molecule has 20 heavy (non-hydrogen) atoms. The first-order valence-corrected chi connectivity index (χ1v) is 6.99. The third-order valence-electron chi connectivity index (χ3n) is 3.75. The van der Waals surface area contributed by atoms with Crippen molar-refractivity contribution in [1.29, 1.82) is 0 Å². The van der Waals surface area contributed by atoms with Gasteiger partial charge in [-0.3, -0.25) is 4.79 Å². The number of rotatable bonds is 4. The number of benzene rings is 1. The van der Waals surface area contributed by atoms with Gasteiger partial charge in [0.15, 0.2) is 0 Å². The topological polar surface area (TPSA) is 41.6 Å². The van der Waals surface area contributed by atoms with Crippen LogP contribution in [0.3, 0.4) is 0 Å². The highest BCUT2D eigenvalue weighted by atomic mass is 19.1. The zero-order valence-corrected chi connectivity index (χ0v) is 11.9. The minimum Gasteiger partial charge on any atom is -0.493 e. The normalized spacial score (nSPS) is 22.6. The molecule has 1 fully saturated rings. The summed E-state index contributed by atoms with van der Waals surface area (Å²) in [6, 6.07) is 6.33. The lowest BCUT2D eigenvalue weighted by molar-refractivity contribution is -0.135. The van der Waals surface area contributed by atoms with Crippen LogP contribution in [0, 0.1) is 5.82 Å². The van der Waals surface area contributed by atoms with Gasteiger partial charge in [0, 0.05) is 25.2 Å². The number of hydrogen-bond donors (Lipinski definition) is 1. The summed E-state index contributed by atoms with van der Waals surface area (Å²) >= 11 is 0. The Morgan fingerprint density at radius 3 is 2.80 bits per heavy atom. The first-order valence-electron chi connectivity index (χ1n) is 6.99. The molecule has 1 amide bonds. The predicted octanol–water partition coefficient (Wildman–Crippen LogP) is 1.80. The predicted molar refractivity (Wildman–Crippen MR) is 75.2 cm³/mol. The van der Waals surface area contributed by atoms with E-state index in [4.69, 9.17) is 4.74 Å². The van der Waals surface area contributed by atoms with Gasteiger partial charge in [-0.05, 0) is 38.1 Å². The van der Waals surface area contributed by atoms with Crippen molar-refractivity contribution in [2.75, 3.05) is 19.7 Å². The Morgan fingerprint density at radius 1 is 1.40 bits per heavy atom. The van der Waals surface area contributed by atoms with E-state index in [1.165, 1.54) is 12.1 Å². The Kier molecular flexibility index (Phi) is 4.95. The molecule has 2 unspecified atom stereocenters. The van der Waals surface area contributed by atoms with Gasteiger partial charge in [0.1, 0.15) is 11.6 Å². The summed E-state index contributed by atoms with van der Waals surface area (Å²) in [5.41, 5.74) is 0. The van der Waals surface area contributed by atoms with Gasteiger partial charge in [0.2, 0.25) is 5.91 Å². The highest BCUT2D eigenvalue weighted by Crippen LogP contribution is 2.13. The summed E-state index contributed by atoms with van der Waals surface area (Å²) in [5, 5.41) is 3.34. The van der Waals surface area contributed by atoms with E-state index in [1.807, 2.05) is 4.90 Å². The van der Waals surface area contributed by atoms with Crippen LogP contribution in [0.5, 0.6) is 5.75 Å². The molecule has 1 aliphatic heterocycles. The molecule has 4 nitrogen and oxygen atoms in total. The molecule has 1 saturated heterocycles. The number of piperazine rings is 1. The molecule has 0 spiro atoms. The molecule has 110 valence electrons. The van der Waals surface area contributed by atoms with E-state index >= 15 is 0 Å². The minimum atomic E-state index is -0.294. The maximum absolute atomic E-state index is 12.7. The standard InChI is InChI=1S/C15H21FN2O2/c1-11-12(2)18(9-8-17-11)15(19)7-10-20-14-5-3-13(16)4-6-14/h3-6,11-12,17H,7-10H2,1-2H3. The molecule has 2 rings (SSSR count). The van der Waals surface area contributed by atoms with Crippen molar-refractivity contribution in [2.45, 2.75) is 32.4 Å². The maximum Gasteiger partial charge on any atom is 0.226 e. The third kappa shape index (κ3) is 3.70. The van der Waals surface area contributed by atoms with Crippen LogP contribution in [-0.2, 0) is 4.79 Å². The Balaban J connectivity index is 1.78. The lowest BCUT2D eigenvalue weighted by atomic mass is 10.1. The van der Waals surface area contributed by atoms with Crippen LogP contribution in [0.4, 0.5) is 4.39 Å². The molecule has 0 aromatic heterocycles. The molecule has 1 N–H and O–H groups in total. The molecule has 0 saturated carbocycles. The van der Waals surface area contributed by atoms with E-state index in [-0.39, 0.29) is 17.8 Å². The Bertz CT molecular complexity index is 450. The fourth-order valence-electron chi connectivity index (χ4n) is 2.34. The van der Waals surface area contributed by atoms with Crippen LogP contribution in [0.15, 0.2) is 24.3 Å². The van der Waals surface area contributed by atoms with Crippen molar-refractivity contribution in [2.24, 2.45) is 0 Å². The molecule has 1 aromatic carbocycles. The molecular weight excluding hydrogens is 259 g/mol. The number of hydrogen-bond acceptors (Lipinski definition) is 3. The van der Waals surface area contributed by atoms with Crippen molar-refractivity contribution in [3.8, 4) is 5.75 Å². The van der Waals surface area contributed by atoms with Crippen LogP contribution < -0.4 is 10.1 Å². The van der Waals surface area contributed by atoms with Gasteiger partial charge in [-0.1, -0.05) is 0 Å². The Labute approximate surface area is 118 Å². The summed E-state index contributed by atoms with van der Waals surface area (Å²) < 4.78 is 18.2. The summed E-state index contributed by atoms with van der Waals surface area (Å²) in [4.78, 5) is 14.1. The largest absolute Gasteiger partial charge is 0.493 e. The second-order valence-corrected chi connectivity index (χ2v) is 5.12. The number of amides is 1. The van der Waals surface area contributed by atoms with E-state index in [9.17, 15) is 9.18 Å². The van der Waals surface area contributed by atoms with E-state index in [0.717, 1.165) is 13.1 Å². The quantitative estimate of drug-likeness (QED) is 0.914. The van der Waals surface area contributed by atoms with E-state index in [2.05, 4.69) is 19.2 Å². The summed E-state index contributed by atoms with van der Waals surface area (Å²) in [7, 11) is 0. The van der Waals surface area contributed by atoms with E-state index in [1.54, 1.807) is 12.1 Å². The average Bonchev–Trinajstić information content (AvgIpc) is 2.44. The Morgan fingerprint density at radius 2 is 2.10 bits per heavy atom. The second kappa shape index (κ2) is 6.70. The zero-order valence-electron chi connectivity index (χ0n) is 11.9. The van der Waals surface area contributed by atoms with Gasteiger partial charge in [-0.2, -0.15) is 0 Å². The first-order chi connectivity index (χ1) is 9.58. The van der Waals surface area contributed by atoms with Crippen molar-refractivity contribution in [3.05, 3.63) is 30.1 Å². The number of ether oxygens (including phenoxy) is 1. The van der Waals surface area contributed by atoms with Gasteiger partial charge in [-0.15, -0.1) is 0 Å². The number of carbonyl (C=O) groups is 1. The van der Waals surface area contributed by atoms with E-state index in [0.29, 0.717) is 24.8 Å². The van der Waals surface area contributed by atoms with Crippen molar-refractivity contribution >= 4 is 5.91 Å². The molecule has 2 atom stereocenters. The lowest BCUT2D eigenvalue weighted by Gasteiger charge is -2.38. The van der Waals surface area contributed by atoms with Gasteiger partial charge >= 0.3 is 0 Å². The first kappa shape index (κ1) is 14.8. The molecule has 0 bridgehead atoms. The minimum absolute atomic E-state index is 0.105. The second-order valence-electron chi connectivity index (χ2n) is 5.12. The van der Waals surface area contributed by atoms with Gasteiger partial charge in [-0.25, -0.2) is 4.39 Å². The lowest BCUT2D eigenvalue weighted by Crippen LogP contribution is -2.57. The number of halogens is 1. The monoisotopic (exact) mass is 280 g/mol. The molecule has 1 aliphatic rings. The Hall–Kier alpha value is -1.62. The SMILES string of the molecule is CC1NCCN(C(=O)CCOc2ccc(F)cc2)C1C. The fraction of sp³-hybridized carbons (Fsp3) is 0.533. The summed E-state index contributed by atoms with van der Waals surface area (Å²) in [6.07, 6.45) is 0.342. The zero-order chi connectivity index (χ0) is 14.5. The van der Waals surface area contributed by atoms with E-state index < -0.39 is 0 Å². The molecule has 5 heteroatoms. The molecular formula is C15H21FN2O2. The van der Waals surface area contributed by atoms with Crippen molar-refractivity contribution in [3.63, 3.8) is 0 Å². The van der Waals surface area contributed by atoms with Crippen LogP contribution in [0.25, 0.3) is 0 Å². The summed E-state index contributed by atoms with van der Waals surface area (Å²) in [5.74, 6) is 0.394. The molecule has 0 radical (unpaired) electrons. The van der Waals surface area contributed by atoms with Crippen LogP contribution in [0.2, 0.25) is 0 Å². The molecule has 0 aliphatic carbocycles. The van der Waals surface area contributed by atoms with Gasteiger partial charge < -0.3 is 15.0 Å². The molecule has 1 aromatic rings. The maximum atomic E-state index is 12.7. The fourth-order valence-corrected chi connectivity index (χ4v) is 2.34. The van der Waals surface area contributed by atoms with Crippen LogP contribution in [0.1, 0.15) is 20.3 Å².